The highest BCUT2D eigenvalue weighted by Crippen LogP contribution is 2.13. The fourth-order valence-electron chi connectivity index (χ4n) is 1.80. The quantitative estimate of drug-likeness (QED) is 0.752. The molecule has 108 valence electrons. The molecule has 0 amide bonds. The SMILES string of the molecule is CCCN(CCO)c1nc(NC)nc(-n2ccnc2)n1. The Morgan fingerprint density at radius 3 is 2.75 bits per heavy atom. The lowest BCUT2D eigenvalue weighted by atomic mass is 10.4. The summed E-state index contributed by atoms with van der Waals surface area (Å²) in [7, 11) is 1.76. The lowest BCUT2D eigenvalue weighted by Gasteiger charge is -2.21. The van der Waals surface area contributed by atoms with Gasteiger partial charge in [-0.3, -0.25) is 4.57 Å². The van der Waals surface area contributed by atoms with Gasteiger partial charge >= 0.3 is 0 Å². The zero-order chi connectivity index (χ0) is 14.4. The third kappa shape index (κ3) is 3.21. The number of aliphatic hydroxyl groups is 1. The van der Waals surface area contributed by atoms with Gasteiger partial charge in [0.05, 0.1) is 6.61 Å². The van der Waals surface area contributed by atoms with Crippen LogP contribution in [0.25, 0.3) is 5.95 Å². The van der Waals surface area contributed by atoms with Crippen molar-refractivity contribution in [3.8, 4) is 5.95 Å². The number of rotatable bonds is 7. The lowest BCUT2D eigenvalue weighted by molar-refractivity contribution is 0.301. The summed E-state index contributed by atoms with van der Waals surface area (Å²) in [4.78, 5) is 19.0. The van der Waals surface area contributed by atoms with Crippen molar-refractivity contribution >= 4 is 11.9 Å². The van der Waals surface area contributed by atoms with E-state index >= 15 is 0 Å². The van der Waals surface area contributed by atoms with Gasteiger partial charge in [0.1, 0.15) is 6.33 Å². The third-order valence-corrected chi connectivity index (χ3v) is 2.72. The highest BCUT2D eigenvalue weighted by Gasteiger charge is 2.13. The third-order valence-electron chi connectivity index (χ3n) is 2.72. The lowest BCUT2D eigenvalue weighted by Crippen LogP contribution is -2.30. The molecule has 0 radical (unpaired) electrons. The highest BCUT2D eigenvalue weighted by atomic mass is 16.3. The molecule has 0 unspecified atom stereocenters. The average molecular weight is 277 g/mol. The standard InChI is InChI=1S/C12H19N7O/c1-3-5-18(7-8-20)11-15-10(13-2)16-12(17-11)19-6-4-14-9-19/h4,6,9,20H,3,5,7-8H2,1-2H3,(H,13,15,16,17). The van der Waals surface area contributed by atoms with E-state index in [-0.39, 0.29) is 6.61 Å². The molecule has 2 N–H and O–H groups in total. The molecule has 0 bridgehead atoms. The minimum atomic E-state index is 0.0565. The molecule has 0 saturated carbocycles. The van der Waals surface area contributed by atoms with E-state index in [9.17, 15) is 0 Å². The van der Waals surface area contributed by atoms with Crippen LogP contribution in [0.4, 0.5) is 11.9 Å². The van der Waals surface area contributed by atoms with E-state index in [1.807, 2.05) is 4.90 Å². The average Bonchev–Trinajstić information content (AvgIpc) is 3.01. The van der Waals surface area contributed by atoms with Gasteiger partial charge in [-0.05, 0) is 6.42 Å². The van der Waals surface area contributed by atoms with E-state index in [0.29, 0.717) is 24.4 Å². The largest absolute Gasteiger partial charge is 0.395 e. The number of anilines is 2. The summed E-state index contributed by atoms with van der Waals surface area (Å²) in [6.45, 7) is 3.39. The van der Waals surface area contributed by atoms with Crippen LogP contribution in [0.2, 0.25) is 0 Å². The van der Waals surface area contributed by atoms with Crippen molar-refractivity contribution in [1.29, 1.82) is 0 Å². The summed E-state index contributed by atoms with van der Waals surface area (Å²) < 4.78 is 1.72. The molecule has 0 atom stereocenters. The fourth-order valence-corrected chi connectivity index (χ4v) is 1.80. The first kappa shape index (κ1) is 14.2. The van der Waals surface area contributed by atoms with Gasteiger partial charge in [0.15, 0.2) is 0 Å². The van der Waals surface area contributed by atoms with Crippen LogP contribution in [0.15, 0.2) is 18.7 Å². The summed E-state index contributed by atoms with van der Waals surface area (Å²) in [6.07, 6.45) is 6.02. The van der Waals surface area contributed by atoms with Gasteiger partial charge in [0.2, 0.25) is 17.8 Å². The maximum atomic E-state index is 9.16. The summed E-state index contributed by atoms with van der Waals surface area (Å²) in [5, 5.41) is 12.1. The summed E-state index contributed by atoms with van der Waals surface area (Å²) in [6, 6.07) is 0. The van der Waals surface area contributed by atoms with Crippen molar-refractivity contribution < 1.29 is 5.11 Å². The molecule has 0 aromatic carbocycles. The van der Waals surface area contributed by atoms with Gasteiger partial charge < -0.3 is 15.3 Å². The fraction of sp³-hybridized carbons (Fsp3) is 0.500. The van der Waals surface area contributed by atoms with E-state index in [1.165, 1.54) is 0 Å². The minimum absolute atomic E-state index is 0.0565. The van der Waals surface area contributed by atoms with Crippen LogP contribution in [-0.2, 0) is 0 Å². The molecule has 8 heteroatoms. The van der Waals surface area contributed by atoms with Crippen LogP contribution >= 0.6 is 0 Å². The molecule has 0 aliphatic rings. The van der Waals surface area contributed by atoms with Crippen molar-refractivity contribution in [3.63, 3.8) is 0 Å². The van der Waals surface area contributed by atoms with E-state index in [2.05, 4.69) is 32.2 Å². The maximum Gasteiger partial charge on any atom is 0.241 e. The molecule has 0 aliphatic heterocycles. The zero-order valence-electron chi connectivity index (χ0n) is 11.7. The van der Waals surface area contributed by atoms with Gasteiger partial charge in [-0.25, -0.2) is 4.98 Å². The highest BCUT2D eigenvalue weighted by molar-refractivity contribution is 5.39. The van der Waals surface area contributed by atoms with Crippen LogP contribution in [0.1, 0.15) is 13.3 Å². The summed E-state index contributed by atoms with van der Waals surface area (Å²) in [5.41, 5.74) is 0. The Morgan fingerprint density at radius 2 is 2.15 bits per heavy atom. The van der Waals surface area contributed by atoms with Crippen LogP contribution in [0.5, 0.6) is 0 Å². The number of nitrogens with zero attached hydrogens (tertiary/aromatic N) is 6. The predicted molar refractivity (Wildman–Crippen MR) is 76.1 cm³/mol. The second kappa shape index (κ2) is 6.80. The van der Waals surface area contributed by atoms with Crippen molar-refractivity contribution in [3.05, 3.63) is 18.7 Å². The summed E-state index contributed by atoms with van der Waals surface area (Å²) >= 11 is 0. The molecule has 0 fully saturated rings. The molecule has 2 heterocycles. The zero-order valence-corrected chi connectivity index (χ0v) is 11.7. The number of nitrogens with one attached hydrogen (secondary N) is 1. The van der Waals surface area contributed by atoms with E-state index < -0.39 is 0 Å². The molecule has 20 heavy (non-hydrogen) atoms. The smallest absolute Gasteiger partial charge is 0.241 e. The van der Waals surface area contributed by atoms with Crippen molar-refractivity contribution in [2.24, 2.45) is 0 Å². The Hall–Kier alpha value is -2.22. The minimum Gasteiger partial charge on any atom is -0.395 e. The molecule has 0 saturated heterocycles. The first-order valence-corrected chi connectivity index (χ1v) is 6.56. The topological polar surface area (TPSA) is 92.0 Å². The first-order valence-electron chi connectivity index (χ1n) is 6.56. The molecular formula is C12H19N7O. The van der Waals surface area contributed by atoms with Crippen LogP contribution in [0, 0.1) is 0 Å². The Bertz CT molecular complexity index is 523. The van der Waals surface area contributed by atoms with Gasteiger partial charge in [-0.1, -0.05) is 6.92 Å². The maximum absolute atomic E-state index is 9.16. The Morgan fingerprint density at radius 1 is 1.30 bits per heavy atom. The first-order chi connectivity index (χ1) is 9.78. The number of hydrogen-bond donors (Lipinski definition) is 2. The van der Waals surface area contributed by atoms with Gasteiger partial charge in [0, 0.05) is 32.5 Å². The number of aliphatic hydroxyl groups excluding tert-OH is 1. The predicted octanol–water partition coefficient (Wildman–Crippen LogP) is 0.308. The Balaban J connectivity index is 2.38. The van der Waals surface area contributed by atoms with Gasteiger partial charge in [-0.15, -0.1) is 0 Å². The van der Waals surface area contributed by atoms with Crippen molar-refractivity contribution in [2.75, 3.05) is 37.0 Å². The number of aromatic nitrogens is 5. The van der Waals surface area contributed by atoms with Crippen molar-refractivity contribution in [2.45, 2.75) is 13.3 Å². The number of imidazole rings is 1. The number of hydrogen-bond acceptors (Lipinski definition) is 7. The van der Waals surface area contributed by atoms with E-state index in [1.54, 1.807) is 30.3 Å². The van der Waals surface area contributed by atoms with Gasteiger partial charge in [0.25, 0.3) is 0 Å². The normalized spacial score (nSPS) is 10.6. The molecule has 0 spiro atoms. The molecule has 0 aliphatic carbocycles. The second-order valence-electron chi connectivity index (χ2n) is 4.19. The monoisotopic (exact) mass is 277 g/mol. The Kier molecular flexibility index (Phi) is 4.83. The Labute approximate surface area is 117 Å². The molecule has 2 rings (SSSR count). The van der Waals surface area contributed by atoms with Crippen molar-refractivity contribution in [1.82, 2.24) is 24.5 Å². The van der Waals surface area contributed by atoms with Crippen LogP contribution in [-0.4, -0.2) is 56.4 Å². The van der Waals surface area contributed by atoms with Gasteiger partial charge in [-0.2, -0.15) is 15.0 Å². The van der Waals surface area contributed by atoms with Crippen LogP contribution < -0.4 is 10.2 Å². The molecule has 8 nitrogen and oxygen atoms in total. The van der Waals surface area contributed by atoms with E-state index in [0.717, 1.165) is 13.0 Å². The molecular weight excluding hydrogens is 258 g/mol. The molecule has 2 aromatic rings. The van der Waals surface area contributed by atoms with E-state index in [4.69, 9.17) is 5.11 Å². The molecule has 2 aromatic heterocycles. The summed E-state index contributed by atoms with van der Waals surface area (Å²) in [5.74, 6) is 1.53. The second-order valence-corrected chi connectivity index (χ2v) is 4.19. The van der Waals surface area contributed by atoms with Crippen LogP contribution in [0.3, 0.4) is 0 Å².